The maximum atomic E-state index is 12.8. The molecule has 2 aromatic rings. The molecule has 0 radical (unpaired) electrons. The van der Waals surface area contributed by atoms with Crippen LogP contribution in [-0.2, 0) is 0 Å². The molecule has 0 saturated heterocycles. The van der Waals surface area contributed by atoms with Crippen LogP contribution in [0.1, 0.15) is 11.6 Å². The molecule has 1 unspecified atom stereocenters. The first kappa shape index (κ1) is 13.4. The van der Waals surface area contributed by atoms with Crippen molar-refractivity contribution < 1.29 is 13.2 Å². The first-order chi connectivity index (χ1) is 8.41. The van der Waals surface area contributed by atoms with Crippen LogP contribution in [0.25, 0.3) is 10.8 Å². The number of rotatable bonds is 2. The standard InChI is InChI=1S/C13H11BrF3N/c1-18-12(13(15,16)17)10-3-2-9-7-11(14)5-4-8(9)6-10/h2-7,12,18H,1H3. The third-order valence-corrected chi connectivity index (χ3v) is 3.27. The Bertz CT molecular complexity index is 566. The maximum absolute atomic E-state index is 12.8. The molecule has 1 nitrogen and oxygen atoms in total. The van der Waals surface area contributed by atoms with Gasteiger partial charge in [-0.2, -0.15) is 13.2 Å². The topological polar surface area (TPSA) is 12.0 Å². The van der Waals surface area contributed by atoms with Gasteiger partial charge in [0.15, 0.2) is 0 Å². The fourth-order valence-electron chi connectivity index (χ4n) is 1.93. The second kappa shape index (κ2) is 4.90. The summed E-state index contributed by atoms with van der Waals surface area (Å²) >= 11 is 3.33. The molecule has 0 fully saturated rings. The Labute approximate surface area is 111 Å². The van der Waals surface area contributed by atoms with Gasteiger partial charge in [0.25, 0.3) is 0 Å². The summed E-state index contributed by atoms with van der Waals surface area (Å²) in [6.07, 6.45) is -4.29. The van der Waals surface area contributed by atoms with Gasteiger partial charge in [0.2, 0.25) is 0 Å². The van der Waals surface area contributed by atoms with E-state index in [1.807, 2.05) is 12.1 Å². The first-order valence-electron chi connectivity index (χ1n) is 5.35. The van der Waals surface area contributed by atoms with Gasteiger partial charge in [-0.25, -0.2) is 0 Å². The lowest BCUT2D eigenvalue weighted by molar-refractivity contribution is -0.156. The average molecular weight is 318 g/mol. The SMILES string of the molecule is CNC(c1ccc2cc(Br)ccc2c1)C(F)(F)F. The zero-order valence-electron chi connectivity index (χ0n) is 9.55. The van der Waals surface area contributed by atoms with Gasteiger partial charge < -0.3 is 5.32 Å². The van der Waals surface area contributed by atoms with Gasteiger partial charge in [-0.05, 0) is 41.6 Å². The second-order valence-corrected chi connectivity index (χ2v) is 4.93. The van der Waals surface area contributed by atoms with Gasteiger partial charge in [0.05, 0.1) is 0 Å². The Hall–Kier alpha value is -1.07. The predicted molar refractivity (Wildman–Crippen MR) is 69.5 cm³/mol. The molecule has 1 N–H and O–H groups in total. The van der Waals surface area contributed by atoms with E-state index in [0.717, 1.165) is 15.2 Å². The second-order valence-electron chi connectivity index (χ2n) is 4.01. The van der Waals surface area contributed by atoms with Gasteiger partial charge in [-0.1, -0.05) is 34.1 Å². The quantitative estimate of drug-likeness (QED) is 0.864. The monoisotopic (exact) mass is 317 g/mol. The predicted octanol–water partition coefficient (Wildman–Crippen LogP) is 4.43. The van der Waals surface area contributed by atoms with Crippen LogP contribution < -0.4 is 5.32 Å². The normalized spacial score (nSPS) is 13.8. The van der Waals surface area contributed by atoms with Crippen molar-refractivity contribution >= 4 is 26.7 Å². The molecule has 0 bridgehead atoms. The molecule has 0 saturated carbocycles. The Balaban J connectivity index is 2.49. The molecule has 0 amide bonds. The smallest absolute Gasteiger partial charge is 0.306 e. The van der Waals surface area contributed by atoms with Crippen molar-refractivity contribution in [3.8, 4) is 0 Å². The van der Waals surface area contributed by atoms with Crippen molar-refractivity contribution in [1.82, 2.24) is 5.32 Å². The van der Waals surface area contributed by atoms with Crippen LogP contribution in [0.15, 0.2) is 40.9 Å². The lowest BCUT2D eigenvalue weighted by atomic mass is 10.0. The highest BCUT2D eigenvalue weighted by atomic mass is 79.9. The highest BCUT2D eigenvalue weighted by Crippen LogP contribution is 2.33. The highest BCUT2D eigenvalue weighted by Gasteiger charge is 2.39. The van der Waals surface area contributed by atoms with Gasteiger partial charge in [-0.15, -0.1) is 0 Å². The van der Waals surface area contributed by atoms with E-state index in [4.69, 9.17) is 0 Å². The minimum atomic E-state index is -4.29. The summed E-state index contributed by atoms with van der Waals surface area (Å²) in [4.78, 5) is 0. The molecule has 0 aliphatic carbocycles. The molecule has 0 heterocycles. The molecule has 0 aliphatic rings. The van der Waals surface area contributed by atoms with Crippen LogP contribution in [0.4, 0.5) is 13.2 Å². The minimum absolute atomic E-state index is 0.222. The number of alkyl halides is 3. The molecular weight excluding hydrogens is 307 g/mol. The van der Waals surface area contributed by atoms with E-state index in [9.17, 15) is 13.2 Å². The Morgan fingerprint density at radius 2 is 1.67 bits per heavy atom. The van der Waals surface area contributed by atoms with Gasteiger partial charge >= 0.3 is 6.18 Å². The number of hydrogen-bond donors (Lipinski definition) is 1. The number of nitrogens with one attached hydrogen (secondary N) is 1. The van der Waals surface area contributed by atoms with Crippen molar-refractivity contribution in [2.45, 2.75) is 12.2 Å². The third kappa shape index (κ3) is 2.67. The van der Waals surface area contributed by atoms with Crippen molar-refractivity contribution in [2.75, 3.05) is 7.05 Å². The molecule has 0 aliphatic heterocycles. The number of fused-ring (bicyclic) bond motifs is 1. The Kier molecular flexibility index (Phi) is 3.64. The number of halogens is 4. The molecule has 0 spiro atoms. The van der Waals surface area contributed by atoms with Crippen LogP contribution in [0, 0.1) is 0 Å². The fraction of sp³-hybridized carbons (Fsp3) is 0.231. The first-order valence-corrected chi connectivity index (χ1v) is 6.14. The van der Waals surface area contributed by atoms with Crippen LogP contribution in [0.2, 0.25) is 0 Å². The Morgan fingerprint density at radius 3 is 2.28 bits per heavy atom. The lowest BCUT2D eigenvalue weighted by Gasteiger charge is -2.20. The summed E-state index contributed by atoms with van der Waals surface area (Å²) in [5.41, 5.74) is 0.222. The fourth-order valence-corrected chi connectivity index (χ4v) is 2.31. The van der Waals surface area contributed by atoms with Crippen molar-refractivity contribution in [3.63, 3.8) is 0 Å². The largest absolute Gasteiger partial charge is 0.407 e. The summed E-state index contributed by atoms with van der Waals surface area (Å²) in [7, 11) is 1.31. The van der Waals surface area contributed by atoms with Gasteiger partial charge in [-0.3, -0.25) is 0 Å². The molecular formula is C13H11BrF3N. The lowest BCUT2D eigenvalue weighted by Crippen LogP contribution is -2.31. The molecule has 2 aromatic carbocycles. The number of benzene rings is 2. The summed E-state index contributed by atoms with van der Waals surface area (Å²) in [6.45, 7) is 0. The zero-order chi connectivity index (χ0) is 13.3. The van der Waals surface area contributed by atoms with E-state index < -0.39 is 12.2 Å². The van der Waals surface area contributed by atoms with E-state index >= 15 is 0 Å². The van der Waals surface area contributed by atoms with E-state index in [2.05, 4.69) is 21.2 Å². The summed E-state index contributed by atoms with van der Waals surface area (Å²) in [6, 6.07) is 8.62. The maximum Gasteiger partial charge on any atom is 0.407 e. The Morgan fingerprint density at radius 1 is 1.06 bits per heavy atom. The minimum Gasteiger partial charge on any atom is -0.306 e. The van der Waals surface area contributed by atoms with Gasteiger partial charge in [0, 0.05) is 4.47 Å². The molecule has 96 valence electrons. The molecule has 0 aromatic heterocycles. The van der Waals surface area contributed by atoms with Crippen LogP contribution >= 0.6 is 15.9 Å². The van der Waals surface area contributed by atoms with Gasteiger partial charge in [0.1, 0.15) is 6.04 Å². The molecule has 5 heteroatoms. The van der Waals surface area contributed by atoms with E-state index in [-0.39, 0.29) is 5.56 Å². The van der Waals surface area contributed by atoms with Crippen molar-refractivity contribution in [3.05, 3.63) is 46.4 Å². The average Bonchev–Trinajstić information content (AvgIpc) is 2.28. The molecule has 1 atom stereocenters. The van der Waals surface area contributed by atoms with Crippen LogP contribution in [0.5, 0.6) is 0 Å². The van der Waals surface area contributed by atoms with Crippen LogP contribution in [0.3, 0.4) is 0 Å². The zero-order valence-corrected chi connectivity index (χ0v) is 11.1. The van der Waals surface area contributed by atoms with E-state index in [1.165, 1.54) is 13.1 Å². The molecule has 18 heavy (non-hydrogen) atoms. The summed E-state index contributed by atoms with van der Waals surface area (Å²) < 4.78 is 39.3. The number of hydrogen-bond acceptors (Lipinski definition) is 1. The highest BCUT2D eigenvalue weighted by molar-refractivity contribution is 9.10. The van der Waals surface area contributed by atoms with Crippen molar-refractivity contribution in [2.24, 2.45) is 0 Å². The third-order valence-electron chi connectivity index (χ3n) is 2.78. The van der Waals surface area contributed by atoms with E-state index in [1.54, 1.807) is 18.2 Å². The van der Waals surface area contributed by atoms with Crippen molar-refractivity contribution in [1.29, 1.82) is 0 Å². The van der Waals surface area contributed by atoms with Crippen LogP contribution in [-0.4, -0.2) is 13.2 Å². The summed E-state index contributed by atoms with van der Waals surface area (Å²) in [5.74, 6) is 0. The molecule has 2 rings (SSSR count). The van der Waals surface area contributed by atoms with E-state index in [0.29, 0.717) is 0 Å². The summed E-state index contributed by atoms with van der Waals surface area (Å²) in [5, 5.41) is 4.00.